The Labute approximate surface area is 108 Å². The Balaban J connectivity index is 2.49. The monoisotopic (exact) mass is 311 g/mol. The lowest BCUT2D eigenvalue weighted by molar-refractivity contribution is 0.228. The summed E-state index contributed by atoms with van der Waals surface area (Å²) in [7, 11) is -2.77. The van der Waals surface area contributed by atoms with Crippen molar-refractivity contribution in [2.45, 2.75) is 20.3 Å². The van der Waals surface area contributed by atoms with Crippen LogP contribution in [0.25, 0.3) is 0 Å². The zero-order chi connectivity index (χ0) is 12.2. The first-order valence-corrected chi connectivity index (χ1v) is 8.87. The molecule has 0 spiro atoms. The van der Waals surface area contributed by atoms with Gasteiger partial charge in [-0.15, -0.1) is 0 Å². The molecule has 0 aromatic heterocycles. The molecule has 0 saturated carbocycles. The number of rotatable bonds is 4. The Hall–Kier alpha value is 0.390. The summed E-state index contributed by atoms with van der Waals surface area (Å²) in [6.07, 6.45) is 0.787. The lowest BCUT2D eigenvalue weighted by Crippen LogP contribution is -2.34. The Kier molecular flexibility index (Phi) is 5.74. The van der Waals surface area contributed by atoms with Crippen molar-refractivity contribution in [3.05, 3.63) is 0 Å². The standard InChI is InChI=1S/C11H22BrNO2S/c1-10(2)11(8-12)9-13-4-3-6-16(14,15)7-5-13/h10-11H,3-9H2,1-2H3. The van der Waals surface area contributed by atoms with Crippen molar-refractivity contribution >= 4 is 25.8 Å². The van der Waals surface area contributed by atoms with Gasteiger partial charge in [0.1, 0.15) is 0 Å². The molecule has 1 heterocycles. The molecule has 1 atom stereocenters. The lowest BCUT2D eigenvalue weighted by Gasteiger charge is -2.27. The van der Waals surface area contributed by atoms with Crippen molar-refractivity contribution < 1.29 is 8.42 Å². The molecule has 5 heteroatoms. The second-order valence-corrected chi connectivity index (χ2v) is 7.92. The van der Waals surface area contributed by atoms with Gasteiger partial charge in [-0.05, 0) is 24.8 Å². The molecule has 0 N–H and O–H groups in total. The first-order chi connectivity index (χ1) is 7.44. The van der Waals surface area contributed by atoms with E-state index in [1.807, 2.05) is 0 Å². The van der Waals surface area contributed by atoms with Crippen molar-refractivity contribution in [2.75, 3.05) is 36.5 Å². The van der Waals surface area contributed by atoms with Crippen molar-refractivity contribution in [3.8, 4) is 0 Å². The van der Waals surface area contributed by atoms with Gasteiger partial charge in [0.2, 0.25) is 0 Å². The fraction of sp³-hybridized carbons (Fsp3) is 1.00. The van der Waals surface area contributed by atoms with Crippen molar-refractivity contribution in [2.24, 2.45) is 11.8 Å². The number of hydrogen-bond acceptors (Lipinski definition) is 3. The van der Waals surface area contributed by atoms with E-state index in [1.54, 1.807) is 0 Å². The highest BCUT2D eigenvalue weighted by molar-refractivity contribution is 9.09. The molecule has 1 unspecified atom stereocenters. The van der Waals surface area contributed by atoms with Crippen LogP contribution in [0.2, 0.25) is 0 Å². The molecule has 1 rings (SSSR count). The lowest BCUT2D eigenvalue weighted by atomic mass is 9.97. The maximum Gasteiger partial charge on any atom is 0.151 e. The Morgan fingerprint density at radius 1 is 1.25 bits per heavy atom. The highest BCUT2D eigenvalue weighted by Gasteiger charge is 2.22. The Morgan fingerprint density at radius 2 is 1.94 bits per heavy atom. The van der Waals surface area contributed by atoms with Crippen LogP contribution in [0.5, 0.6) is 0 Å². The van der Waals surface area contributed by atoms with Gasteiger partial charge in [-0.3, -0.25) is 0 Å². The van der Waals surface area contributed by atoms with E-state index in [0.717, 1.165) is 24.8 Å². The van der Waals surface area contributed by atoms with Crippen LogP contribution in [0.4, 0.5) is 0 Å². The minimum absolute atomic E-state index is 0.333. The summed E-state index contributed by atoms with van der Waals surface area (Å²) in [6.45, 7) is 7.09. The summed E-state index contributed by atoms with van der Waals surface area (Å²) in [5.74, 6) is 1.95. The smallest absolute Gasteiger partial charge is 0.151 e. The normalized spacial score (nSPS) is 24.2. The molecule has 0 radical (unpaired) electrons. The zero-order valence-corrected chi connectivity index (χ0v) is 12.6. The van der Waals surface area contributed by atoms with Gasteiger partial charge >= 0.3 is 0 Å². The van der Waals surface area contributed by atoms with Gasteiger partial charge < -0.3 is 4.90 Å². The number of hydrogen-bond donors (Lipinski definition) is 0. The van der Waals surface area contributed by atoms with Crippen molar-refractivity contribution in [1.82, 2.24) is 4.90 Å². The van der Waals surface area contributed by atoms with E-state index in [0.29, 0.717) is 29.9 Å². The number of alkyl halides is 1. The molecular formula is C11H22BrNO2S. The van der Waals surface area contributed by atoms with E-state index in [4.69, 9.17) is 0 Å². The SMILES string of the molecule is CC(C)C(CBr)CN1CCCS(=O)(=O)CC1. The molecule has 1 aliphatic rings. The van der Waals surface area contributed by atoms with Crippen LogP contribution in [-0.4, -0.2) is 49.8 Å². The second-order valence-electron chi connectivity index (χ2n) is 4.96. The van der Waals surface area contributed by atoms with Gasteiger partial charge in [0, 0.05) is 18.4 Å². The fourth-order valence-corrected chi connectivity index (χ4v) is 4.20. The van der Waals surface area contributed by atoms with Crippen LogP contribution < -0.4 is 0 Å². The number of sulfone groups is 1. The molecule has 96 valence electrons. The highest BCUT2D eigenvalue weighted by Crippen LogP contribution is 2.16. The van der Waals surface area contributed by atoms with E-state index < -0.39 is 9.84 Å². The van der Waals surface area contributed by atoms with E-state index in [-0.39, 0.29) is 0 Å². The first kappa shape index (κ1) is 14.5. The first-order valence-electron chi connectivity index (χ1n) is 5.93. The Morgan fingerprint density at radius 3 is 2.50 bits per heavy atom. The average molecular weight is 312 g/mol. The quantitative estimate of drug-likeness (QED) is 0.743. The maximum atomic E-state index is 11.5. The van der Waals surface area contributed by atoms with E-state index >= 15 is 0 Å². The van der Waals surface area contributed by atoms with E-state index in [9.17, 15) is 8.42 Å². The molecule has 16 heavy (non-hydrogen) atoms. The molecular weight excluding hydrogens is 290 g/mol. The van der Waals surface area contributed by atoms with Gasteiger partial charge in [-0.25, -0.2) is 8.42 Å². The second kappa shape index (κ2) is 6.36. The van der Waals surface area contributed by atoms with Crippen LogP contribution in [0.1, 0.15) is 20.3 Å². The number of halogens is 1. The predicted octanol–water partition coefficient (Wildman–Crippen LogP) is 1.77. The highest BCUT2D eigenvalue weighted by atomic mass is 79.9. The van der Waals surface area contributed by atoms with E-state index in [2.05, 4.69) is 34.7 Å². The summed E-state index contributed by atoms with van der Waals surface area (Å²) in [5.41, 5.74) is 0. The van der Waals surface area contributed by atoms with Gasteiger partial charge in [0.15, 0.2) is 9.84 Å². The van der Waals surface area contributed by atoms with Crippen LogP contribution in [0, 0.1) is 11.8 Å². The minimum Gasteiger partial charge on any atom is -0.302 e. The molecule has 1 aliphatic heterocycles. The summed E-state index contributed by atoms with van der Waals surface area (Å²) >= 11 is 3.54. The maximum absolute atomic E-state index is 11.5. The third kappa shape index (κ3) is 4.72. The topological polar surface area (TPSA) is 37.4 Å². The molecule has 0 bridgehead atoms. The molecule has 0 aliphatic carbocycles. The van der Waals surface area contributed by atoms with Crippen LogP contribution >= 0.6 is 15.9 Å². The van der Waals surface area contributed by atoms with Gasteiger partial charge in [-0.1, -0.05) is 29.8 Å². The van der Waals surface area contributed by atoms with Crippen molar-refractivity contribution in [1.29, 1.82) is 0 Å². The summed E-state index contributed by atoms with van der Waals surface area (Å²) < 4.78 is 22.9. The zero-order valence-electron chi connectivity index (χ0n) is 10.2. The average Bonchev–Trinajstić information content (AvgIpc) is 2.36. The minimum atomic E-state index is -2.77. The molecule has 1 fully saturated rings. The van der Waals surface area contributed by atoms with Gasteiger partial charge in [-0.2, -0.15) is 0 Å². The largest absolute Gasteiger partial charge is 0.302 e. The molecule has 0 aromatic rings. The number of nitrogens with zero attached hydrogens (tertiary/aromatic N) is 1. The predicted molar refractivity (Wildman–Crippen MR) is 71.8 cm³/mol. The third-order valence-electron chi connectivity index (χ3n) is 3.28. The molecule has 0 amide bonds. The van der Waals surface area contributed by atoms with Crippen LogP contribution in [0.15, 0.2) is 0 Å². The fourth-order valence-electron chi connectivity index (χ4n) is 1.94. The van der Waals surface area contributed by atoms with Crippen LogP contribution in [-0.2, 0) is 9.84 Å². The molecule has 0 aromatic carbocycles. The Bertz CT molecular complexity index is 303. The van der Waals surface area contributed by atoms with Crippen LogP contribution in [0.3, 0.4) is 0 Å². The van der Waals surface area contributed by atoms with E-state index in [1.165, 1.54) is 0 Å². The molecule has 1 saturated heterocycles. The third-order valence-corrected chi connectivity index (χ3v) is 5.83. The van der Waals surface area contributed by atoms with Gasteiger partial charge in [0.25, 0.3) is 0 Å². The summed E-state index contributed by atoms with van der Waals surface area (Å²) in [6, 6.07) is 0. The summed E-state index contributed by atoms with van der Waals surface area (Å²) in [4.78, 5) is 2.30. The van der Waals surface area contributed by atoms with Gasteiger partial charge in [0.05, 0.1) is 11.5 Å². The summed E-state index contributed by atoms with van der Waals surface area (Å²) in [5, 5.41) is 0.994. The molecule has 3 nitrogen and oxygen atoms in total. The van der Waals surface area contributed by atoms with Crippen molar-refractivity contribution in [3.63, 3.8) is 0 Å².